The van der Waals surface area contributed by atoms with Crippen molar-refractivity contribution in [2.45, 2.75) is 45.1 Å². The van der Waals surface area contributed by atoms with Gasteiger partial charge in [-0.05, 0) is 36.9 Å². The van der Waals surface area contributed by atoms with Gasteiger partial charge in [-0.25, -0.2) is 0 Å². The molecule has 1 atom stereocenters. The first kappa shape index (κ1) is 18.9. The zero-order valence-corrected chi connectivity index (χ0v) is 14.4. The zero-order chi connectivity index (χ0) is 15.2. The topological polar surface area (TPSA) is 58.4 Å². The van der Waals surface area contributed by atoms with E-state index in [0.717, 1.165) is 25.1 Å². The molecular formula is C17H28ClN3O. The Labute approximate surface area is 139 Å². The van der Waals surface area contributed by atoms with E-state index < -0.39 is 0 Å². The highest BCUT2D eigenvalue weighted by atomic mass is 35.5. The summed E-state index contributed by atoms with van der Waals surface area (Å²) in [5, 5.41) is 3.06. The van der Waals surface area contributed by atoms with Gasteiger partial charge in [-0.15, -0.1) is 12.4 Å². The van der Waals surface area contributed by atoms with E-state index in [9.17, 15) is 4.79 Å². The molecule has 1 fully saturated rings. The summed E-state index contributed by atoms with van der Waals surface area (Å²) in [4.78, 5) is 14.5. The van der Waals surface area contributed by atoms with Crippen molar-refractivity contribution in [3.8, 4) is 0 Å². The van der Waals surface area contributed by atoms with Crippen LogP contribution in [0.25, 0.3) is 0 Å². The van der Waals surface area contributed by atoms with E-state index in [1.807, 2.05) is 18.2 Å². The fraction of sp³-hybridized carbons (Fsp3) is 0.588. The molecule has 0 spiro atoms. The number of anilines is 1. The minimum absolute atomic E-state index is 0. The second kappa shape index (κ2) is 9.13. The molecule has 0 aromatic heterocycles. The summed E-state index contributed by atoms with van der Waals surface area (Å²) < 4.78 is 0. The average Bonchev–Trinajstić information content (AvgIpc) is 2.48. The highest BCUT2D eigenvalue weighted by molar-refractivity contribution is 5.93. The van der Waals surface area contributed by atoms with Crippen LogP contribution < -0.4 is 11.1 Å². The van der Waals surface area contributed by atoms with E-state index >= 15 is 0 Å². The number of benzene rings is 1. The van der Waals surface area contributed by atoms with Gasteiger partial charge in [0.25, 0.3) is 0 Å². The van der Waals surface area contributed by atoms with Crippen LogP contribution >= 0.6 is 12.4 Å². The first-order valence-corrected chi connectivity index (χ1v) is 7.94. The largest absolute Gasteiger partial charge is 0.329 e. The molecule has 1 aromatic carbocycles. The first-order chi connectivity index (χ1) is 10.1. The Morgan fingerprint density at radius 1 is 1.36 bits per heavy atom. The highest BCUT2D eigenvalue weighted by Gasteiger charge is 2.23. The number of halogens is 1. The third-order valence-electron chi connectivity index (χ3n) is 4.22. The van der Waals surface area contributed by atoms with Gasteiger partial charge in [-0.1, -0.05) is 38.5 Å². The van der Waals surface area contributed by atoms with Gasteiger partial charge in [-0.3, -0.25) is 9.69 Å². The summed E-state index contributed by atoms with van der Waals surface area (Å²) in [7, 11) is 0. The number of nitrogens with one attached hydrogen (secondary N) is 1. The van der Waals surface area contributed by atoms with Crippen molar-refractivity contribution < 1.29 is 4.79 Å². The SMILES string of the molecule is CC(C)c1ccccc1NC(=O)CN1CCCCC1CN.Cl. The molecule has 1 saturated heterocycles. The van der Waals surface area contributed by atoms with Crippen LogP contribution in [-0.4, -0.2) is 36.5 Å². The summed E-state index contributed by atoms with van der Waals surface area (Å²) in [6.07, 6.45) is 3.48. The van der Waals surface area contributed by atoms with Crippen LogP contribution in [0, 0.1) is 0 Å². The van der Waals surface area contributed by atoms with E-state index in [0.29, 0.717) is 25.0 Å². The lowest BCUT2D eigenvalue weighted by molar-refractivity contribution is -0.118. The van der Waals surface area contributed by atoms with Crippen molar-refractivity contribution in [1.82, 2.24) is 4.90 Å². The molecule has 0 radical (unpaired) electrons. The maximum atomic E-state index is 12.3. The fourth-order valence-electron chi connectivity index (χ4n) is 3.02. The molecule has 0 bridgehead atoms. The minimum atomic E-state index is 0. The normalized spacial score (nSPS) is 18.8. The number of carbonyl (C=O) groups is 1. The second-order valence-electron chi connectivity index (χ2n) is 6.15. The zero-order valence-electron chi connectivity index (χ0n) is 13.5. The lowest BCUT2D eigenvalue weighted by atomic mass is 10.0. The lowest BCUT2D eigenvalue weighted by Crippen LogP contribution is -2.47. The van der Waals surface area contributed by atoms with Crippen LogP contribution in [-0.2, 0) is 4.79 Å². The van der Waals surface area contributed by atoms with Crippen LogP contribution in [0.5, 0.6) is 0 Å². The predicted molar refractivity (Wildman–Crippen MR) is 94.7 cm³/mol. The number of amides is 1. The van der Waals surface area contributed by atoms with E-state index in [-0.39, 0.29) is 18.3 Å². The molecule has 22 heavy (non-hydrogen) atoms. The van der Waals surface area contributed by atoms with Crippen LogP contribution in [0.2, 0.25) is 0 Å². The van der Waals surface area contributed by atoms with Gasteiger partial charge in [0.1, 0.15) is 0 Å². The molecule has 2 rings (SSSR count). The van der Waals surface area contributed by atoms with Gasteiger partial charge in [0.2, 0.25) is 5.91 Å². The Morgan fingerprint density at radius 3 is 2.77 bits per heavy atom. The summed E-state index contributed by atoms with van der Waals surface area (Å²) in [5.74, 6) is 0.455. The van der Waals surface area contributed by atoms with Gasteiger partial charge in [0.15, 0.2) is 0 Å². The van der Waals surface area contributed by atoms with E-state index in [2.05, 4.69) is 30.1 Å². The number of likely N-dealkylation sites (tertiary alicyclic amines) is 1. The fourth-order valence-corrected chi connectivity index (χ4v) is 3.02. The molecule has 1 aliphatic rings. The number of para-hydroxylation sites is 1. The molecule has 0 saturated carbocycles. The first-order valence-electron chi connectivity index (χ1n) is 7.94. The maximum Gasteiger partial charge on any atom is 0.238 e. The molecule has 4 nitrogen and oxygen atoms in total. The number of carbonyl (C=O) groups excluding carboxylic acids is 1. The summed E-state index contributed by atoms with van der Waals surface area (Å²) in [5.41, 5.74) is 7.92. The minimum Gasteiger partial charge on any atom is -0.329 e. The number of piperidine rings is 1. The van der Waals surface area contributed by atoms with E-state index in [1.54, 1.807) is 0 Å². The molecule has 0 aliphatic carbocycles. The van der Waals surface area contributed by atoms with Gasteiger partial charge < -0.3 is 11.1 Å². The van der Waals surface area contributed by atoms with Gasteiger partial charge in [-0.2, -0.15) is 0 Å². The Morgan fingerprint density at radius 2 is 2.09 bits per heavy atom. The van der Waals surface area contributed by atoms with Crippen molar-refractivity contribution in [3.63, 3.8) is 0 Å². The van der Waals surface area contributed by atoms with E-state index in [1.165, 1.54) is 12.0 Å². The number of hydrogen-bond donors (Lipinski definition) is 2. The third kappa shape index (κ3) is 4.97. The molecular weight excluding hydrogens is 298 g/mol. The summed E-state index contributed by atoms with van der Waals surface area (Å²) in [6, 6.07) is 8.38. The Kier molecular flexibility index (Phi) is 7.87. The number of nitrogens with zero attached hydrogens (tertiary/aromatic N) is 1. The molecule has 1 unspecified atom stereocenters. The quantitative estimate of drug-likeness (QED) is 0.875. The highest BCUT2D eigenvalue weighted by Crippen LogP contribution is 2.24. The Balaban J connectivity index is 0.00000242. The molecule has 1 aromatic rings. The van der Waals surface area contributed by atoms with Crippen molar-refractivity contribution in [3.05, 3.63) is 29.8 Å². The van der Waals surface area contributed by atoms with Crippen LogP contribution in [0.4, 0.5) is 5.69 Å². The van der Waals surface area contributed by atoms with Gasteiger partial charge in [0.05, 0.1) is 6.54 Å². The molecule has 3 N–H and O–H groups in total. The van der Waals surface area contributed by atoms with Crippen molar-refractivity contribution >= 4 is 24.0 Å². The lowest BCUT2D eigenvalue weighted by Gasteiger charge is -2.34. The van der Waals surface area contributed by atoms with Gasteiger partial charge in [0, 0.05) is 18.3 Å². The van der Waals surface area contributed by atoms with Gasteiger partial charge >= 0.3 is 0 Å². The second-order valence-corrected chi connectivity index (χ2v) is 6.15. The standard InChI is InChI=1S/C17H27N3O.ClH/c1-13(2)15-8-3-4-9-16(15)19-17(21)12-20-10-6-5-7-14(20)11-18;/h3-4,8-9,13-14H,5-7,10-12,18H2,1-2H3,(H,19,21);1H. The molecule has 5 heteroatoms. The Hall–Kier alpha value is -1.10. The Bertz CT molecular complexity index is 479. The van der Waals surface area contributed by atoms with Crippen LogP contribution in [0.1, 0.15) is 44.6 Å². The van der Waals surface area contributed by atoms with Crippen molar-refractivity contribution in [1.29, 1.82) is 0 Å². The predicted octanol–water partition coefficient (Wildman–Crippen LogP) is 2.98. The maximum absolute atomic E-state index is 12.3. The number of rotatable bonds is 5. The molecule has 1 amide bonds. The molecule has 1 heterocycles. The monoisotopic (exact) mass is 325 g/mol. The molecule has 1 aliphatic heterocycles. The number of nitrogens with two attached hydrogens (primary N) is 1. The molecule has 124 valence electrons. The third-order valence-corrected chi connectivity index (χ3v) is 4.22. The van der Waals surface area contributed by atoms with Crippen LogP contribution in [0.3, 0.4) is 0 Å². The van der Waals surface area contributed by atoms with Crippen molar-refractivity contribution in [2.75, 3.05) is 25.0 Å². The van der Waals surface area contributed by atoms with Crippen molar-refractivity contribution in [2.24, 2.45) is 5.73 Å². The number of hydrogen-bond acceptors (Lipinski definition) is 3. The van der Waals surface area contributed by atoms with E-state index in [4.69, 9.17) is 5.73 Å². The van der Waals surface area contributed by atoms with Crippen LogP contribution in [0.15, 0.2) is 24.3 Å². The summed E-state index contributed by atoms with van der Waals surface area (Å²) in [6.45, 7) is 6.32. The summed E-state index contributed by atoms with van der Waals surface area (Å²) >= 11 is 0. The smallest absolute Gasteiger partial charge is 0.238 e. The average molecular weight is 326 g/mol.